The Balaban J connectivity index is 1.49. The predicted molar refractivity (Wildman–Crippen MR) is 94.4 cm³/mol. The summed E-state index contributed by atoms with van der Waals surface area (Å²) in [6.07, 6.45) is 3.30. The van der Waals surface area contributed by atoms with E-state index in [1.807, 2.05) is 9.80 Å². The van der Waals surface area contributed by atoms with Gasteiger partial charge in [0.15, 0.2) is 0 Å². The Hall–Kier alpha value is -1.70. The van der Waals surface area contributed by atoms with E-state index in [1.165, 1.54) is 6.20 Å². The number of carbonyl (C=O) groups is 2. The van der Waals surface area contributed by atoms with Crippen molar-refractivity contribution < 1.29 is 14.3 Å². The Morgan fingerprint density at radius 1 is 1.28 bits per heavy atom. The maximum absolute atomic E-state index is 12.6. The van der Waals surface area contributed by atoms with Gasteiger partial charge in [0.05, 0.1) is 30.7 Å². The van der Waals surface area contributed by atoms with E-state index >= 15 is 0 Å². The fourth-order valence-electron chi connectivity index (χ4n) is 3.28. The second kappa shape index (κ2) is 8.60. The first-order valence-corrected chi connectivity index (χ1v) is 9.00. The number of ether oxygens (including phenoxy) is 1. The number of halogens is 1. The molecule has 1 aromatic heterocycles. The van der Waals surface area contributed by atoms with E-state index in [4.69, 9.17) is 16.3 Å². The van der Waals surface area contributed by atoms with Gasteiger partial charge in [-0.25, -0.2) is 4.98 Å². The van der Waals surface area contributed by atoms with Gasteiger partial charge in [0.2, 0.25) is 11.8 Å². The molecule has 3 heterocycles. The number of amides is 2. The van der Waals surface area contributed by atoms with E-state index in [9.17, 15) is 9.59 Å². The SMILES string of the molecule is O=C(CN1CCCC(C(=O)N2CCOCC2)C1)Nc1ccc(Cl)cn1. The molecule has 8 heteroatoms. The van der Waals surface area contributed by atoms with Crippen LogP contribution in [0.4, 0.5) is 5.82 Å². The number of piperidine rings is 1. The third kappa shape index (κ3) is 5.14. The second-order valence-electron chi connectivity index (χ2n) is 6.42. The van der Waals surface area contributed by atoms with E-state index in [2.05, 4.69) is 10.3 Å². The zero-order chi connectivity index (χ0) is 17.6. The Kier molecular flexibility index (Phi) is 6.23. The minimum atomic E-state index is -0.130. The standard InChI is InChI=1S/C17H23ClN4O3/c18-14-3-4-15(19-10-14)20-16(23)12-21-5-1-2-13(11-21)17(24)22-6-8-25-9-7-22/h3-4,10,13H,1-2,5-9,11-12H2,(H,19,20,23). The van der Waals surface area contributed by atoms with Crippen molar-refractivity contribution in [2.24, 2.45) is 5.92 Å². The van der Waals surface area contributed by atoms with Crippen molar-refractivity contribution in [1.82, 2.24) is 14.8 Å². The highest BCUT2D eigenvalue weighted by molar-refractivity contribution is 6.30. The number of likely N-dealkylation sites (tertiary alicyclic amines) is 1. The maximum atomic E-state index is 12.6. The highest BCUT2D eigenvalue weighted by Gasteiger charge is 2.30. The lowest BCUT2D eigenvalue weighted by atomic mass is 9.96. The number of anilines is 1. The van der Waals surface area contributed by atoms with Crippen molar-refractivity contribution in [3.05, 3.63) is 23.4 Å². The maximum Gasteiger partial charge on any atom is 0.239 e. The summed E-state index contributed by atoms with van der Waals surface area (Å²) in [6.45, 7) is 4.26. The predicted octanol–water partition coefficient (Wildman–Crippen LogP) is 1.24. The van der Waals surface area contributed by atoms with Crippen molar-refractivity contribution >= 4 is 29.2 Å². The van der Waals surface area contributed by atoms with Gasteiger partial charge in [-0.2, -0.15) is 0 Å². The summed E-state index contributed by atoms with van der Waals surface area (Å²) in [7, 11) is 0. The first-order valence-electron chi connectivity index (χ1n) is 8.62. The van der Waals surface area contributed by atoms with Crippen LogP contribution in [-0.4, -0.2) is 72.5 Å². The topological polar surface area (TPSA) is 74.8 Å². The molecule has 1 aromatic rings. The van der Waals surface area contributed by atoms with E-state index in [-0.39, 0.29) is 24.3 Å². The molecule has 1 unspecified atom stereocenters. The molecule has 2 amide bonds. The molecule has 25 heavy (non-hydrogen) atoms. The number of morpholine rings is 1. The van der Waals surface area contributed by atoms with Crippen molar-refractivity contribution in [3.8, 4) is 0 Å². The first kappa shape index (κ1) is 18.1. The molecular formula is C17H23ClN4O3. The van der Waals surface area contributed by atoms with Gasteiger partial charge >= 0.3 is 0 Å². The zero-order valence-electron chi connectivity index (χ0n) is 14.1. The molecule has 1 atom stereocenters. The van der Waals surface area contributed by atoms with Crippen LogP contribution in [0.5, 0.6) is 0 Å². The number of rotatable bonds is 4. The second-order valence-corrected chi connectivity index (χ2v) is 6.86. The van der Waals surface area contributed by atoms with Crippen molar-refractivity contribution in [3.63, 3.8) is 0 Å². The Bertz CT molecular complexity index is 604. The molecule has 0 spiro atoms. The summed E-state index contributed by atoms with van der Waals surface area (Å²) in [6, 6.07) is 3.35. The lowest BCUT2D eigenvalue weighted by Crippen LogP contribution is -2.49. The van der Waals surface area contributed by atoms with Crippen molar-refractivity contribution in [2.75, 3.05) is 51.3 Å². The van der Waals surface area contributed by atoms with E-state index in [0.29, 0.717) is 43.7 Å². The van der Waals surface area contributed by atoms with Crippen LogP contribution in [0.15, 0.2) is 18.3 Å². The van der Waals surface area contributed by atoms with Gasteiger partial charge in [0.25, 0.3) is 0 Å². The molecule has 3 rings (SSSR count). The molecule has 2 aliphatic heterocycles. The summed E-state index contributed by atoms with van der Waals surface area (Å²) >= 11 is 5.79. The fourth-order valence-corrected chi connectivity index (χ4v) is 3.39. The van der Waals surface area contributed by atoms with Crippen LogP contribution in [-0.2, 0) is 14.3 Å². The van der Waals surface area contributed by atoms with Gasteiger partial charge in [-0.3, -0.25) is 14.5 Å². The van der Waals surface area contributed by atoms with E-state index < -0.39 is 0 Å². The van der Waals surface area contributed by atoms with Crippen LogP contribution in [0.25, 0.3) is 0 Å². The van der Waals surface area contributed by atoms with Crippen molar-refractivity contribution in [1.29, 1.82) is 0 Å². The third-order valence-electron chi connectivity index (χ3n) is 4.54. The summed E-state index contributed by atoms with van der Waals surface area (Å²) < 4.78 is 5.30. The molecule has 2 saturated heterocycles. The molecule has 0 aliphatic carbocycles. The van der Waals surface area contributed by atoms with Crippen molar-refractivity contribution in [2.45, 2.75) is 12.8 Å². The number of pyridine rings is 1. The third-order valence-corrected chi connectivity index (χ3v) is 4.76. The van der Waals surface area contributed by atoms with Gasteiger partial charge in [0, 0.05) is 25.8 Å². The number of hydrogen-bond donors (Lipinski definition) is 1. The number of nitrogens with one attached hydrogen (secondary N) is 1. The Labute approximate surface area is 152 Å². The lowest BCUT2D eigenvalue weighted by Gasteiger charge is -2.35. The highest BCUT2D eigenvalue weighted by atomic mass is 35.5. The average molecular weight is 367 g/mol. The molecule has 1 N–H and O–H groups in total. The zero-order valence-corrected chi connectivity index (χ0v) is 14.9. The van der Waals surface area contributed by atoms with E-state index in [1.54, 1.807) is 12.1 Å². The van der Waals surface area contributed by atoms with Gasteiger partial charge in [0.1, 0.15) is 5.82 Å². The normalized spacial score (nSPS) is 21.8. The lowest BCUT2D eigenvalue weighted by molar-refractivity contribution is -0.141. The molecule has 2 fully saturated rings. The number of carbonyl (C=O) groups excluding carboxylic acids is 2. The summed E-state index contributed by atoms with van der Waals surface area (Å²) in [5, 5.41) is 3.29. The van der Waals surface area contributed by atoms with Crippen LogP contribution < -0.4 is 5.32 Å². The molecule has 7 nitrogen and oxygen atoms in total. The average Bonchev–Trinajstić information content (AvgIpc) is 2.64. The summed E-state index contributed by atoms with van der Waals surface area (Å²) in [4.78, 5) is 32.8. The molecule has 0 bridgehead atoms. The van der Waals surface area contributed by atoms with Gasteiger partial charge < -0.3 is 15.0 Å². The minimum absolute atomic E-state index is 0.0340. The molecule has 0 radical (unpaired) electrons. The minimum Gasteiger partial charge on any atom is -0.378 e. The molecule has 2 aliphatic rings. The van der Waals surface area contributed by atoms with Crippen LogP contribution in [0.1, 0.15) is 12.8 Å². The van der Waals surface area contributed by atoms with Crippen LogP contribution >= 0.6 is 11.6 Å². The van der Waals surface area contributed by atoms with Gasteiger partial charge in [-0.1, -0.05) is 11.6 Å². The Morgan fingerprint density at radius 3 is 2.80 bits per heavy atom. The molecule has 136 valence electrons. The highest BCUT2D eigenvalue weighted by Crippen LogP contribution is 2.19. The number of nitrogens with zero attached hydrogens (tertiary/aromatic N) is 3. The quantitative estimate of drug-likeness (QED) is 0.867. The first-order chi connectivity index (χ1) is 12.1. The van der Waals surface area contributed by atoms with Gasteiger partial charge in [-0.15, -0.1) is 0 Å². The fraction of sp³-hybridized carbons (Fsp3) is 0.588. The summed E-state index contributed by atoms with van der Waals surface area (Å²) in [5.74, 6) is 0.503. The number of hydrogen-bond acceptors (Lipinski definition) is 5. The Morgan fingerprint density at radius 2 is 2.08 bits per heavy atom. The monoisotopic (exact) mass is 366 g/mol. The summed E-state index contributed by atoms with van der Waals surface area (Å²) in [5.41, 5.74) is 0. The van der Waals surface area contributed by atoms with Crippen LogP contribution in [0, 0.1) is 5.92 Å². The molecule has 0 aromatic carbocycles. The smallest absolute Gasteiger partial charge is 0.239 e. The van der Waals surface area contributed by atoms with Gasteiger partial charge in [-0.05, 0) is 31.5 Å². The van der Waals surface area contributed by atoms with Crippen LogP contribution in [0.3, 0.4) is 0 Å². The number of aromatic nitrogens is 1. The largest absolute Gasteiger partial charge is 0.378 e. The van der Waals surface area contributed by atoms with Crippen LogP contribution in [0.2, 0.25) is 5.02 Å². The molecular weight excluding hydrogens is 344 g/mol. The molecule has 0 saturated carbocycles. The van der Waals surface area contributed by atoms with E-state index in [0.717, 1.165) is 19.4 Å².